The summed E-state index contributed by atoms with van der Waals surface area (Å²) < 4.78 is 22.5. The lowest BCUT2D eigenvalue weighted by Gasteiger charge is -2.34. The van der Waals surface area contributed by atoms with Gasteiger partial charge in [-0.25, -0.2) is 0 Å². The van der Waals surface area contributed by atoms with E-state index in [1.807, 2.05) is 30.3 Å². The number of aliphatic hydroxyl groups is 1. The number of methoxy groups -OCH3 is 1. The molecule has 2 saturated heterocycles. The number of morpholine rings is 1. The predicted molar refractivity (Wildman–Crippen MR) is 115 cm³/mol. The molecular weight excluding hydrogens is 398 g/mol. The minimum atomic E-state index is -0.462. The van der Waals surface area contributed by atoms with E-state index in [-0.39, 0.29) is 12.2 Å². The number of benzene rings is 1. The summed E-state index contributed by atoms with van der Waals surface area (Å²) in [6, 6.07) is 9.96. The molecule has 0 saturated carbocycles. The van der Waals surface area contributed by atoms with Gasteiger partial charge in [0.05, 0.1) is 50.9 Å². The second-order valence-electron chi connectivity index (χ2n) is 8.26. The lowest BCUT2D eigenvalue weighted by Crippen LogP contribution is -2.45. The van der Waals surface area contributed by atoms with Crippen LogP contribution in [-0.2, 0) is 29.0 Å². The maximum atomic E-state index is 10.4. The van der Waals surface area contributed by atoms with Crippen LogP contribution in [0.25, 0.3) is 0 Å². The van der Waals surface area contributed by atoms with E-state index in [0.717, 1.165) is 68.5 Å². The summed E-state index contributed by atoms with van der Waals surface area (Å²) in [6.07, 6.45) is 1.56. The van der Waals surface area contributed by atoms with Gasteiger partial charge in [-0.3, -0.25) is 4.90 Å². The van der Waals surface area contributed by atoms with Gasteiger partial charge in [0.2, 0.25) is 0 Å². The summed E-state index contributed by atoms with van der Waals surface area (Å²) in [5.74, 6) is 1.74. The molecule has 2 N–H and O–H groups in total. The molecule has 0 spiro atoms. The van der Waals surface area contributed by atoms with Crippen LogP contribution in [0.2, 0.25) is 0 Å². The Morgan fingerprint density at radius 1 is 1.23 bits per heavy atom. The molecule has 31 heavy (non-hydrogen) atoms. The Kier molecular flexibility index (Phi) is 7.93. The molecule has 2 aliphatic rings. The van der Waals surface area contributed by atoms with E-state index < -0.39 is 6.10 Å². The Labute approximate surface area is 183 Å². The lowest BCUT2D eigenvalue weighted by molar-refractivity contribution is -0.115. The molecule has 0 aliphatic carbocycles. The number of aliphatic hydroxyl groups excluding tert-OH is 1. The summed E-state index contributed by atoms with van der Waals surface area (Å²) >= 11 is 0. The highest BCUT2D eigenvalue weighted by atomic mass is 16.5. The van der Waals surface area contributed by atoms with Gasteiger partial charge in [0, 0.05) is 44.2 Å². The molecule has 1 aromatic heterocycles. The zero-order chi connectivity index (χ0) is 21.5. The summed E-state index contributed by atoms with van der Waals surface area (Å²) in [7, 11) is 1.67. The van der Waals surface area contributed by atoms with Gasteiger partial charge in [-0.2, -0.15) is 0 Å². The van der Waals surface area contributed by atoms with E-state index in [2.05, 4.69) is 15.4 Å². The molecule has 2 aliphatic heterocycles. The van der Waals surface area contributed by atoms with Crippen LogP contribution >= 0.6 is 0 Å². The number of nitrogens with zero attached hydrogens (tertiary/aromatic N) is 2. The molecule has 0 unspecified atom stereocenters. The van der Waals surface area contributed by atoms with Gasteiger partial charge in [-0.15, -0.1) is 0 Å². The smallest absolute Gasteiger partial charge is 0.150 e. The van der Waals surface area contributed by atoms with Crippen LogP contribution in [0, 0.1) is 0 Å². The first-order chi connectivity index (χ1) is 15.2. The van der Waals surface area contributed by atoms with Gasteiger partial charge in [-0.1, -0.05) is 23.4 Å². The highest BCUT2D eigenvalue weighted by Crippen LogP contribution is 2.23. The zero-order valence-electron chi connectivity index (χ0n) is 18.2. The molecule has 0 radical (unpaired) electrons. The third kappa shape index (κ3) is 6.27. The molecule has 4 rings (SSSR count). The maximum Gasteiger partial charge on any atom is 0.150 e. The van der Waals surface area contributed by atoms with E-state index in [1.165, 1.54) is 0 Å². The number of rotatable bonds is 9. The fraction of sp³-hybridized carbons (Fsp3) is 0.609. The van der Waals surface area contributed by atoms with Crippen LogP contribution in [-0.4, -0.2) is 73.4 Å². The Balaban J connectivity index is 1.25. The standard InChI is InChI=1S/C23H33N3O5/c1-28-22-5-3-2-4-17(22)14-24-15-23-21(27)7-6-19(30-23)12-18-13-20(31-25-18)16-26-8-10-29-11-9-26/h2-5,13,19,21,23-24,27H,6-12,14-16H2,1H3/t19-,21-,23+/m0/s1. The van der Waals surface area contributed by atoms with Crippen molar-refractivity contribution >= 4 is 0 Å². The fourth-order valence-electron chi connectivity index (χ4n) is 4.22. The Bertz CT molecular complexity index is 808. The third-order valence-electron chi connectivity index (χ3n) is 5.96. The van der Waals surface area contributed by atoms with E-state index >= 15 is 0 Å². The van der Waals surface area contributed by atoms with Crippen LogP contribution in [0.3, 0.4) is 0 Å². The minimum Gasteiger partial charge on any atom is -0.496 e. The maximum absolute atomic E-state index is 10.4. The predicted octanol–water partition coefficient (Wildman–Crippen LogP) is 1.76. The summed E-state index contributed by atoms with van der Waals surface area (Å²) in [4.78, 5) is 2.31. The highest BCUT2D eigenvalue weighted by molar-refractivity contribution is 5.32. The van der Waals surface area contributed by atoms with Crippen molar-refractivity contribution in [2.45, 2.75) is 50.7 Å². The third-order valence-corrected chi connectivity index (χ3v) is 5.96. The Morgan fingerprint density at radius 2 is 2.06 bits per heavy atom. The van der Waals surface area contributed by atoms with Crippen LogP contribution in [0.5, 0.6) is 5.75 Å². The normalized spacial score (nSPS) is 24.9. The summed E-state index contributed by atoms with van der Waals surface area (Å²) in [5.41, 5.74) is 1.99. The van der Waals surface area contributed by atoms with Crippen molar-refractivity contribution in [3.8, 4) is 5.75 Å². The van der Waals surface area contributed by atoms with Gasteiger partial charge >= 0.3 is 0 Å². The molecule has 0 bridgehead atoms. The molecule has 0 amide bonds. The second kappa shape index (κ2) is 11.1. The number of para-hydroxylation sites is 1. The van der Waals surface area contributed by atoms with Gasteiger partial charge in [0.1, 0.15) is 5.75 Å². The summed E-state index contributed by atoms with van der Waals surface area (Å²) in [5, 5.41) is 18.0. The molecule has 3 atom stereocenters. The summed E-state index contributed by atoms with van der Waals surface area (Å²) in [6.45, 7) is 5.38. The average molecular weight is 432 g/mol. The van der Waals surface area contributed by atoms with Crippen LogP contribution in [0.4, 0.5) is 0 Å². The van der Waals surface area contributed by atoms with E-state index in [9.17, 15) is 5.11 Å². The number of ether oxygens (including phenoxy) is 3. The monoisotopic (exact) mass is 431 g/mol. The molecule has 1 aromatic carbocycles. The minimum absolute atomic E-state index is 0.0304. The largest absolute Gasteiger partial charge is 0.496 e. The van der Waals surface area contributed by atoms with Crippen molar-refractivity contribution in [2.24, 2.45) is 0 Å². The van der Waals surface area contributed by atoms with E-state index in [4.69, 9.17) is 18.7 Å². The number of aromatic nitrogens is 1. The number of hydrogen-bond acceptors (Lipinski definition) is 8. The zero-order valence-corrected chi connectivity index (χ0v) is 18.2. The molecule has 2 fully saturated rings. The van der Waals surface area contributed by atoms with E-state index in [1.54, 1.807) is 7.11 Å². The van der Waals surface area contributed by atoms with Crippen molar-refractivity contribution in [1.29, 1.82) is 0 Å². The second-order valence-corrected chi connectivity index (χ2v) is 8.26. The Morgan fingerprint density at radius 3 is 2.90 bits per heavy atom. The fourth-order valence-corrected chi connectivity index (χ4v) is 4.22. The van der Waals surface area contributed by atoms with Crippen LogP contribution < -0.4 is 10.1 Å². The van der Waals surface area contributed by atoms with E-state index in [0.29, 0.717) is 19.5 Å². The van der Waals surface area contributed by atoms with Gasteiger partial charge in [0.15, 0.2) is 5.76 Å². The topological polar surface area (TPSA) is 89.2 Å². The molecule has 3 heterocycles. The lowest BCUT2D eigenvalue weighted by atomic mass is 9.98. The molecule has 170 valence electrons. The molecule has 2 aromatic rings. The van der Waals surface area contributed by atoms with Crippen LogP contribution in [0.15, 0.2) is 34.9 Å². The highest BCUT2D eigenvalue weighted by Gasteiger charge is 2.30. The Hall–Kier alpha value is -1.97. The van der Waals surface area contributed by atoms with Gasteiger partial charge in [-0.05, 0) is 18.9 Å². The van der Waals surface area contributed by atoms with Crippen molar-refractivity contribution in [2.75, 3.05) is 40.0 Å². The number of nitrogens with one attached hydrogen (secondary N) is 1. The van der Waals surface area contributed by atoms with Gasteiger partial charge < -0.3 is 29.2 Å². The van der Waals surface area contributed by atoms with Crippen molar-refractivity contribution < 1.29 is 23.8 Å². The molecule has 8 heteroatoms. The SMILES string of the molecule is COc1ccccc1CNC[C@H]1O[C@H](Cc2cc(CN3CCOCC3)on2)CC[C@@H]1O. The van der Waals surface area contributed by atoms with Gasteiger partial charge in [0.25, 0.3) is 0 Å². The first-order valence-corrected chi connectivity index (χ1v) is 11.1. The van der Waals surface area contributed by atoms with Crippen LogP contribution in [0.1, 0.15) is 29.9 Å². The van der Waals surface area contributed by atoms with Crippen molar-refractivity contribution in [3.63, 3.8) is 0 Å². The number of hydrogen-bond donors (Lipinski definition) is 2. The molecule has 8 nitrogen and oxygen atoms in total. The first kappa shape index (κ1) is 22.2. The quantitative estimate of drug-likeness (QED) is 0.621. The average Bonchev–Trinajstić information content (AvgIpc) is 3.23. The molecular formula is C23H33N3O5. The van der Waals surface area contributed by atoms with Crippen molar-refractivity contribution in [1.82, 2.24) is 15.4 Å². The van der Waals surface area contributed by atoms with Crippen molar-refractivity contribution in [3.05, 3.63) is 47.3 Å². The first-order valence-electron chi connectivity index (χ1n) is 11.1.